The van der Waals surface area contributed by atoms with Gasteiger partial charge in [-0.2, -0.15) is 0 Å². The first kappa shape index (κ1) is 17.5. The number of carbonyl (C=O) groups is 1. The highest BCUT2D eigenvalue weighted by Gasteiger charge is 2.13. The summed E-state index contributed by atoms with van der Waals surface area (Å²) < 4.78 is 5.76. The lowest BCUT2D eigenvalue weighted by atomic mass is 10.1. The van der Waals surface area contributed by atoms with Gasteiger partial charge in [-0.05, 0) is 44.1 Å². The van der Waals surface area contributed by atoms with Crippen molar-refractivity contribution in [1.82, 2.24) is 19.9 Å². The maximum Gasteiger partial charge on any atom is 0.250 e. The van der Waals surface area contributed by atoms with Crippen molar-refractivity contribution < 1.29 is 9.53 Å². The van der Waals surface area contributed by atoms with E-state index in [1.54, 1.807) is 18.3 Å². The molecule has 140 valence electrons. The molecular weight excluding hydrogens is 342 g/mol. The van der Waals surface area contributed by atoms with Gasteiger partial charge in [0.15, 0.2) is 0 Å². The van der Waals surface area contributed by atoms with E-state index in [0.717, 1.165) is 30.7 Å². The number of hydrogen-bond donors (Lipinski definition) is 2. The number of fused-ring (bicyclic) bond motifs is 1. The molecule has 3 N–H and O–H groups in total. The lowest BCUT2D eigenvalue weighted by molar-refractivity contribution is 0.100. The van der Waals surface area contributed by atoms with Gasteiger partial charge < -0.3 is 15.5 Å². The Balaban J connectivity index is 1.43. The Bertz CT molecular complexity index is 929. The smallest absolute Gasteiger partial charge is 0.250 e. The molecule has 3 aromatic rings. The Kier molecular flexibility index (Phi) is 5.02. The summed E-state index contributed by atoms with van der Waals surface area (Å²) in [4.78, 5) is 26.1. The molecule has 1 aliphatic rings. The van der Waals surface area contributed by atoms with Crippen molar-refractivity contribution in [3.8, 4) is 17.3 Å². The molecule has 0 radical (unpaired) electrons. The van der Waals surface area contributed by atoms with E-state index in [9.17, 15) is 4.79 Å². The number of H-pyrrole nitrogens is 1. The van der Waals surface area contributed by atoms with Crippen LogP contribution in [0.2, 0.25) is 0 Å². The predicted molar refractivity (Wildman–Crippen MR) is 104 cm³/mol. The summed E-state index contributed by atoms with van der Waals surface area (Å²) in [5, 5.41) is 0. The monoisotopic (exact) mass is 365 g/mol. The molecule has 1 saturated heterocycles. The van der Waals surface area contributed by atoms with Crippen LogP contribution in [0.15, 0.2) is 36.5 Å². The number of aromatic amines is 1. The normalized spacial score (nSPS) is 15.1. The number of primary amides is 1. The Labute approximate surface area is 157 Å². The van der Waals surface area contributed by atoms with Crippen LogP contribution in [-0.4, -0.2) is 52.0 Å². The van der Waals surface area contributed by atoms with Crippen molar-refractivity contribution in [3.05, 3.63) is 42.1 Å². The quantitative estimate of drug-likeness (QED) is 0.700. The van der Waals surface area contributed by atoms with E-state index in [-0.39, 0.29) is 0 Å². The number of para-hydroxylation sites is 1. The van der Waals surface area contributed by atoms with Gasteiger partial charge in [0.05, 0.1) is 11.1 Å². The van der Waals surface area contributed by atoms with Gasteiger partial charge in [0.1, 0.15) is 17.9 Å². The summed E-state index contributed by atoms with van der Waals surface area (Å²) in [5.74, 6) is 0.755. The van der Waals surface area contributed by atoms with Gasteiger partial charge in [-0.1, -0.05) is 12.5 Å². The summed E-state index contributed by atoms with van der Waals surface area (Å²) in [5.41, 5.74) is 7.99. The van der Waals surface area contributed by atoms with E-state index in [4.69, 9.17) is 10.5 Å². The summed E-state index contributed by atoms with van der Waals surface area (Å²) in [6.07, 6.45) is 5.62. The van der Waals surface area contributed by atoms with Crippen LogP contribution in [0.4, 0.5) is 0 Å². The second kappa shape index (κ2) is 7.75. The fourth-order valence-electron chi connectivity index (χ4n) is 3.44. The molecule has 1 amide bonds. The first-order chi connectivity index (χ1) is 13.2. The van der Waals surface area contributed by atoms with E-state index in [1.807, 2.05) is 18.2 Å². The number of benzene rings is 1. The van der Waals surface area contributed by atoms with E-state index in [2.05, 4.69) is 19.9 Å². The van der Waals surface area contributed by atoms with Gasteiger partial charge in [0.2, 0.25) is 5.88 Å². The first-order valence-electron chi connectivity index (χ1n) is 9.31. The highest BCUT2D eigenvalue weighted by atomic mass is 16.5. The number of ether oxygens (including phenoxy) is 1. The van der Waals surface area contributed by atoms with Crippen molar-refractivity contribution in [2.45, 2.75) is 19.3 Å². The molecule has 7 nitrogen and oxygen atoms in total. The fraction of sp³-hybridized carbons (Fsp3) is 0.350. The average molecular weight is 365 g/mol. The molecule has 0 unspecified atom stereocenters. The Morgan fingerprint density at radius 2 is 2.04 bits per heavy atom. The van der Waals surface area contributed by atoms with Crippen LogP contribution in [0, 0.1) is 0 Å². The van der Waals surface area contributed by atoms with Crippen LogP contribution in [0.1, 0.15) is 29.6 Å². The second-order valence-electron chi connectivity index (χ2n) is 6.79. The lowest BCUT2D eigenvalue weighted by Gasteiger charge is -2.25. The summed E-state index contributed by atoms with van der Waals surface area (Å²) in [6, 6.07) is 9.07. The van der Waals surface area contributed by atoms with Gasteiger partial charge in [-0.15, -0.1) is 0 Å². The van der Waals surface area contributed by atoms with E-state index in [1.165, 1.54) is 19.3 Å². The molecule has 0 atom stereocenters. The van der Waals surface area contributed by atoms with Gasteiger partial charge in [-0.25, -0.2) is 9.97 Å². The molecule has 0 spiro atoms. The third-order valence-corrected chi connectivity index (χ3v) is 4.89. The number of nitrogens with one attached hydrogen (secondary N) is 1. The van der Waals surface area contributed by atoms with Crippen LogP contribution < -0.4 is 10.5 Å². The number of hydrogen-bond acceptors (Lipinski definition) is 5. The largest absolute Gasteiger partial charge is 0.476 e. The number of pyridine rings is 1. The summed E-state index contributed by atoms with van der Waals surface area (Å²) >= 11 is 0. The Hall–Kier alpha value is -2.93. The van der Waals surface area contributed by atoms with E-state index >= 15 is 0 Å². The molecule has 27 heavy (non-hydrogen) atoms. The van der Waals surface area contributed by atoms with Crippen molar-refractivity contribution in [3.63, 3.8) is 0 Å². The molecule has 0 aliphatic carbocycles. The molecule has 1 aliphatic heterocycles. The molecule has 1 aromatic carbocycles. The standard InChI is InChI=1S/C20H23N5O2/c21-19(26)15-5-4-6-16-18(15)24-20(23-16)14-7-8-17(22-13-14)27-12-11-25-9-2-1-3-10-25/h4-8,13H,1-3,9-12H2,(H2,21,26)(H,23,24). The topological polar surface area (TPSA) is 97.1 Å². The lowest BCUT2D eigenvalue weighted by Crippen LogP contribution is -2.33. The summed E-state index contributed by atoms with van der Waals surface area (Å²) in [6.45, 7) is 3.89. The number of aromatic nitrogens is 3. The molecule has 7 heteroatoms. The minimum Gasteiger partial charge on any atom is -0.476 e. The average Bonchev–Trinajstić information content (AvgIpc) is 3.13. The maximum absolute atomic E-state index is 11.6. The highest BCUT2D eigenvalue weighted by Crippen LogP contribution is 2.23. The number of imidazole rings is 1. The number of amides is 1. The van der Waals surface area contributed by atoms with Crippen LogP contribution in [0.25, 0.3) is 22.4 Å². The second-order valence-corrected chi connectivity index (χ2v) is 6.79. The molecule has 2 aromatic heterocycles. The van der Waals surface area contributed by atoms with Crippen molar-refractivity contribution in [2.75, 3.05) is 26.2 Å². The number of likely N-dealkylation sites (tertiary alicyclic amines) is 1. The van der Waals surface area contributed by atoms with Crippen LogP contribution >= 0.6 is 0 Å². The third kappa shape index (κ3) is 3.93. The highest BCUT2D eigenvalue weighted by molar-refractivity contribution is 6.04. The SMILES string of the molecule is NC(=O)c1cccc2[nH]c(-c3ccc(OCCN4CCCCC4)nc3)nc12. The van der Waals surface area contributed by atoms with Crippen LogP contribution in [0.5, 0.6) is 5.88 Å². The number of nitrogens with two attached hydrogens (primary N) is 1. The zero-order valence-electron chi connectivity index (χ0n) is 15.1. The van der Waals surface area contributed by atoms with Gasteiger partial charge >= 0.3 is 0 Å². The number of nitrogens with zero attached hydrogens (tertiary/aromatic N) is 3. The number of piperidine rings is 1. The Morgan fingerprint density at radius 1 is 1.19 bits per heavy atom. The molecule has 0 bridgehead atoms. The molecule has 1 fully saturated rings. The van der Waals surface area contributed by atoms with Crippen molar-refractivity contribution in [1.29, 1.82) is 0 Å². The molecular formula is C20H23N5O2. The number of rotatable bonds is 6. The summed E-state index contributed by atoms with van der Waals surface area (Å²) in [7, 11) is 0. The third-order valence-electron chi connectivity index (χ3n) is 4.89. The molecule has 0 saturated carbocycles. The van der Waals surface area contributed by atoms with E-state index < -0.39 is 5.91 Å². The molecule has 3 heterocycles. The van der Waals surface area contributed by atoms with Crippen LogP contribution in [-0.2, 0) is 0 Å². The fourth-order valence-corrected chi connectivity index (χ4v) is 3.44. The van der Waals surface area contributed by atoms with Crippen molar-refractivity contribution in [2.24, 2.45) is 5.73 Å². The Morgan fingerprint density at radius 3 is 2.78 bits per heavy atom. The molecule has 4 rings (SSSR count). The van der Waals surface area contributed by atoms with Gasteiger partial charge in [0, 0.05) is 24.4 Å². The van der Waals surface area contributed by atoms with Crippen molar-refractivity contribution >= 4 is 16.9 Å². The minimum atomic E-state index is -0.491. The van der Waals surface area contributed by atoms with Gasteiger partial charge in [0.25, 0.3) is 5.91 Å². The zero-order valence-corrected chi connectivity index (χ0v) is 15.1. The minimum absolute atomic E-state index is 0.403. The zero-order chi connectivity index (χ0) is 18.6. The first-order valence-corrected chi connectivity index (χ1v) is 9.31. The van der Waals surface area contributed by atoms with Crippen LogP contribution in [0.3, 0.4) is 0 Å². The van der Waals surface area contributed by atoms with E-state index in [0.29, 0.717) is 29.4 Å². The number of carbonyl (C=O) groups excluding carboxylic acids is 1. The van der Waals surface area contributed by atoms with Gasteiger partial charge in [-0.3, -0.25) is 9.69 Å². The predicted octanol–water partition coefficient (Wildman–Crippen LogP) is 2.59. The maximum atomic E-state index is 11.6.